The normalized spacial score (nSPS) is 20.1. The number of carbonyl (C=O) groups excluding carboxylic acids is 1. The summed E-state index contributed by atoms with van der Waals surface area (Å²) in [6.45, 7) is 8.05. The van der Waals surface area contributed by atoms with Gasteiger partial charge in [-0.25, -0.2) is 0 Å². The summed E-state index contributed by atoms with van der Waals surface area (Å²) in [6.07, 6.45) is 3.24. The highest BCUT2D eigenvalue weighted by Crippen LogP contribution is 2.35. The molecule has 2 rings (SSSR count). The second-order valence-electron chi connectivity index (χ2n) is 6.95. The third kappa shape index (κ3) is 3.21. The highest BCUT2D eigenvalue weighted by Gasteiger charge is 2.26. The van der Waals surface area contributed by atoms with Crippen LogP contribution < -0.4 is 11.1 Å². The lowest BCUT2D eigenvalue weighted by molar-refractivity contribution is -0.119. The average molecular weight is 274 g/mol. The first-order valence-corrected chi connectivity index (χ1v) is 7.44. The summed E-state index contributed by atoms with van der Waals surface area (Å²) >= 11 is 0. The quantitative estimate of drug-likeness (QED) is 0.870. The molecule has 1 amide bonds. The van der Waals surface area contributed by atoms with E-state index >= 15 is 0 Å². The lowest BCUT2D eigenvalue weighted by atomic mass is 9.80. The smallest absolute Gasteiger partial charge is 0.217 e. The van der Waals surface area contributed by atoms with Gasteiger partial charge in [0.15, 0.2) is 0 Å². The summed E-state index contributed by atoms with van der Waals surface area (Å²) in [7, 11) is 0. The molecule has 3 heteroatoms. The van der Waals surface area contributed by atoms with Crippen molar-refractivity contribution in [3.8, 4) is 0 Å². The molecular formula is C17H26N2O. The number of rotatable bonds is 2. The summed E-state index contributed by atoms with van der Waals surface area (Å²) in [5.74, 6) is 0.0355. The summed E-state index contributed by atoms with van der Waals surface area (Å²) in [6, 6.07) is 6.68. The molecule has 1 aliphatic rings. The maximum absolute atomic E-state index is 11.4. The second kappa shape index (κ2) is 5.57. The van der Waals surface area contributed by atoms with Gasteiger partial charge in [-0.05, 0) is 41.4 Å². The molecule has 0 spiro atoms. The fourth-order valence-corrected chi connectivity index (χ4v) is 2.91. The Bertz CT molecular complexity index is 502. The fraction of sp³-hybridized carbons (Fsp3) is 0.588. The zero-order chi connectivity index (χ0) is 14.9. The van der Waals surface area contributed by atoms with Crippen molar-refractivity contribution >= 4 is 5.91 Å². The van der Waals surface area contributed by atoms with E-state index in [2.05, 4.69) is 44.3 Å². The third-order valence-electron chi connectivity index (χ3n) is 4.15. The molecule has 110 valence electrons. The first-order valence-electron chi connectivity index (χ1n) is 7.44. The maximum atomic E-state index is 11.4. The van der Waals surface area contributed by atoms with Gasteiger partial charge in [0.1, 0.15) is 0 Å². The predicted octanol–water partition coefficient (Wildman–Crippen LogP) is 3.25. The van der Waals surface area contributed by atoms with Crippen molar-refractivity contribution in [1.82, 2.24) is 5.32 Å². The zero-order valence-corrected chi connectivity index (χ0v) is 13.0. The number of nitrogens with two attached hydrogens (primary N) is 1. The first kappa shape index (κ1) is 15.0. The van der Waals surface area contributed by atoms with Crippen LogP contribution in [0.5, 0.6) is 0 Å². The molecule has 0 saturated carbocycles. The minimum Gasteiger partial charge on any atom is -0.350 e. The van der Waals surface area contributed by atoms with E-state index in [1.807, 2.05) is 0 Å². The van der Waals surface area contributed by atoms with Crippen LogP contribution in [-0.2, 0) is 11.2 Å². The number of nitrogens with one attached hydrogen (secondary N) is 1. The number of hydrogen-bond donors (Lipinski definition) is 2. The van der Waals surface area contributed by atoms with Crippen molar-refractivity contribution in [1.29, 1.82) is 0 Å². The molecule has 0 aromatic heterocycles. The van der Waals surface area contributed by atoms with Crippen LogP contribution in [0.2, 0.25) is 0 Å². The van der Waals surface area contributed by atoms with Gasteiger partial charge in [-0.1, -0.05) is 39.0 Å². The molecule has 2 atom stereocenters. The molecule has 3 nitrogen and oxygen atoms in total. The molecule has 0 heterocycles. The minimum absolute atomic E-state index is 0.00713. The fourth-order valence-electron chi connectivity index (χ4n) is 2.91. The van der Waals surface area contributed by atoms with Crippen LogP contribution in [-0.4, -0.2) is 5.91 Å². The van der Waals surface area contributed by atoms with Crippen molar-refractivity contribution in [2.24, 2.45) is 11.1 Å². The lowest BCUT2D eigenvalue weighted by Gasteiger charge is -2.31. The van der Waals surface area contributed by atoms with Gasteiger partial charge in [0, 0.05) is 13.0 Å². The Morgan fingerprint density at radius 3 is 2.70 bits per heavy atom. The Kier molecular flexibility index (Phi) is 4.19. The van der Waals surface area contributed by atoms with E-state index in [9.17, 15) is 4.79 Å². The molecule has 0 aliphatic heterocycles. The summed E-state index contributed by atoms with van der Waals surface area (Å²) in [5, 5.41) is 3.06. The SMILES string of the molecule is CC(=O)NC1CCCc2ccc(C(N)C(C)(C)C)cc21. The Morgan fingerprint density at radius 1 is 1.40 bits per heavy atom. The van der Waals surface area contributed by atoms with Crippen LogP contribution >= 0.6 is 0 Å². The van der Waals surface area contributed by atoms with Crippen LogP contribution in [0.15, 0.2) is 18.2 Å². The topological polar surface area (TPSA) is 55.1 Å². The number of aryl methyl sites for hydroxylation is 1. The minimum atomic E-state index is 0.00713. The molecule has 0 saturated heterocycles. The zero-order valence-electron chi connectivity index (χ0n) is 13.0. The molecule has 1 aromatic carbocycles. The molecule has 1 aliphatic carbocycles. The number of carbonyl (C=O) groups is 1. The third-order valence-corrected chi connectivity index (χ3v) is 4.15. The van der Waals surface area contributed by atoms with Gasteiger partial charge in [0.25, 0.3) is 0 Å². The first-order chi connectivity index (χ1) is 9.29. The van der Waals surface area contributed by atoms with Gasteiger partial charge in [-0.3, -0.25) is 4.79 Å². The number of benzene rings is 1. The van der Waals surface area contributed by atoms with E-state index in [0.717, 1.165) is 24.8 Å². The molecular weight excluding hydrogens is 248 g/mol. The van der Waals surface area contributed by atoms with E-state index in [1.165, 1.54) is 11.1 Å². The number of fused-ring (bicyclic) bond motifs is 1. The number of amides is 1. The molecule has 20 heavy (non-hydrogen) atoms. The van der Waals surface area contributed by atoms with Crippen LogP contribution in [0.3, 0.4) is 0 Å². The second-order valence-corrected chi connectivity index (χ2v) is 6.95. The van der Waals surface area contributed by atoms with Gasteiger partial charge >= 0.3 is 0 Å². The predicted molar refractivity (Wildman–Crippen MR) is 82.3 cm³/mol. The van der Waals surface area contributed by atoms with Crippen molar-refractivity contribution in [2.45, 2.75) is 59.0 Å². The Hall–Kier alpha value is -1.35. The van der Waals surface area contributed by atoms with Crippen molar-refractivity contribution in [3.05, 3.63) is 34.9 Å². The highest BCUT2D eigenvalue weighted by molar-refractivity contribution is 5.73. The summed E-state index contributed by atoms with van der Waals surface area (Å²) < 4.78 is 0. The van der Waals surface area contributed by atoms with E-state index in [0.29, 0.717) is 0 Å². The van der Waals surface area contributed by atoms with Crippen molar-refractivity contribution in [2.75, 3.05) is 0 Å². The van der Waals surface area contributed by atoms with Gasteiger partial charge in [-0.15, -0.1) is 0 Å². The van der Waals surface area contributed by atoms with Crippen molar-refractivity contribution < 1.29 is 4.79 Å². The number of hydrogen-bond acceptors (Lipinski definition) is 2. The Labute approximate surface area is 121 Å². The standard InChI is InChI=1S/C17H26N2O/c1-11(20)19-15-7-5-6-12-8-9-13(10-14(12)15)16(18)17(2,3)4/h8-10,15-16H,5-7,18H2,1-4H3,(H,19,20). The van der Waals surface area contributed by atoms with E-state index in [4.69, 9.17) is 5.73 Å². The van der Waals surface area contributed by atoms with Crippen LogP contribution in [0, 0.1) is 5.41 Å². The molecule has 0 bridgehead atoms. The average Bonchev–Trinajstić information content (AvgIpc) is 2.36. The molecule has 3 N–H and O–H groups in total. The van der Waals surface area contributed by atoms with Crippen molar-refractivity contribution in [3.63, 3.8) is 0 Å². The van der Waals surface area contributed by atoms with Crippen LogP contribution in [0.25, 0.3) is 0 Å². The molecule has 2 unspecified atom stereocenters. The molecule has 0 fully saturated rings. The Balaban J connectivity index is 2.35. The van der Waals surface area contributed by atoms with Crippen LogP contribution in [0.4, 0.5) is 0 Å². The van der Waals surface area contributed by atoms with E-state index < -0.39 is 0 Å². The molecule has 1 aromatic rings. The van der Waals surface area contributed by atoms with Gasteiger partial charge in [0.2, 0.25) is 5.91 Å². The van der Waals surface area contributed by atoms with Gasteiger partial charge < -0.3 is 11.1 Å². The molecule has 0 radical (unpaired) electrons. The summed E-state index contributed by atoms with van der Waals surface area (Å²) in [4.78, 5) is 11.4. The monoisotopic (exact) mass is 274 g/mol. The maximum Gasteiger partial charge on any atom is 0.217 e. The van der Waals surface area contributed by atoms with E-state index in [1.54, 1.807) is 6.92 Å². The van der Waals surface area contributed by atoms with Gasteiger partial charge in [0.05, 0.1) is 6.04 Å². The van der Waals surface area contributed by atoms with Crippen LogP contribution in [0.1, 0.15) is 69.3 Å². The van der Waals surface area contributed by atoms with Gasteiger partial charge in [-0.2, -0.15) is 0 Å². The van der Waals surface area contributed by atoms with E-state index in [-0.39, 0.29) is 23.4 Å². The summed E-state index contributed by atoms with van der Waals surface area (Å²) in [5.41, 5.74) is 10.2. The largest absolute Gasteiger partial charge is 0.350 e. The lowest BCUT2D eigenvalue weighted by Crippen LogP contribution is -2.30. The highest BCUT2D eigenvalue weighted by atomic mass is 16.1. The Morgan fingerprint density at radius 2 is 2.10 bits per heavy atom.